The maximum Gasteiger partial charge on any atom is 0.344 e. The second kappa shape index (κ2) is 9.23. The predicted octanol–water partition coefficient (Wildman–Crippen LogP) is 2.33. The van der Waals surface area contributed by atoms with Crippen molar-refractivity contribution in [3.63, 3.8) is 0 Å². The van der Waals surface area contributed by atoms with Crippen molar-refractivity contribution in [1.82, 2.24) is 4.90 Å². The lowest BCUT2D eigenvalue weighted by molar-refractivity contribution is -0.138. The Bertz CT molecular complexity index is 1270. The smallest absolute Gasteiger partial charge is 0.344 e. The highest BCUT2D eigenvalue weighted by Gasteiger charge is 2.32. The maximum atomic E-state index is 12.7. The molecule has 0 aliphatic carbocycles. The number of hydrogen-bond acceptors (Lipinski definition) is 7. The number of hydrogen-bond donors (Lipinski definition) is 1. The number of fused-ring (bicyclic) bond motifs is 1. The van der Waals surface area contributed by atoms with Crippen molar-refractivity contribution in [1.29, 1.82) is 0 Å². The summed E-state index contributed by atoms with van der Waals surface area (Å²) in [6.45, 7) is 0.227. The van der Waals surface area contributed by atoms with Crippen LogP contribution >= 0.6 is 0 Å². The maximum absolute atomic E-state index is 12.7. The van der Waals surface area contributed by atoms with Crippen LogP contribution in [0.25, 0.3) is 22.1 Å². The third-order valence-electron chi connectivity index (χ3n) is 5.67. The zero-order valence-electron chi connectivity index (χ0n) is 18.3. The van der Waals surface area contributed by atoms with E-state index in [1.165, 1.54) is 19.1 Å². The van der Waals surface area contributed by atoms with Crippen LogP contribution in [0.5, 0.6) is 17.2 Å². The third-order valence-corrected chi connectivity index (χ3v) is 5.67. The van der Waals surface area contributed by atoms with Gasteiger partial charge in [0.25, 0.3) is 5.91 Å². The van der Waals surface area contributed by atoms with Crippen LogP contribution in [-0.4, -0.2) is 50.1 Å². The number of nitrogens with zero attached hydrogens (tertiary/aromatic N) is 1. The standard InChI is InChI=1S/C24H24N2O7/c1-30-19-8-6-14(11-21(19)31-2)17-10-15-5-7-16(12-20(15)33-24(17)29)32-13-22(27)26-9-3-4-18(26)23(25)28/h5-8,10-12,18H,3-4,9,13H2,1-2H3,(H2,25,28)/t18-/m0/s1. The number of benzene rings is 2. The number of primary amides is 1. The monoisotopic (exact) mass is 452 g/mol. The average Bonchev–Trinajstić information content (AvgIpc) is 3.32. The van der Waals surface area contributed by atoms with Crippen LogP contribution < -0.4 is 25.6 Å². The van der Waals surface area contributed by atoms with Crippen LogP contribution in [0.3, 0.4) is 0 Å². The number of rotatable bonds is 7. The summed E-state index contributed by atoms with van der Waals surface area (Å²) < 4.78 is 21.7. The number of carbonyl (C=O) groups excluding carboxylic acids is 2. The Labute approximate surface area is 189 Å². The van der Waals surface area contributed by atoms with Crippen LogP contribution in [0.1, 0.15) is 12.8 Å². The molecule has 3 aromatic rings. The second-order valence-corrected chi connectivity index (χ2v) is 7.65. The molecule has 33 heavy (non-hydrogen) atoms. The Kier molecular flexibility index (Phi) is 6.21. The van der Waals surface area contributed by atoms with Gasteiger partial charge in [-0.3, -0.25) is 9.59 Å². The molecule has 1 aliphatic rings. The van der Waals surface area contributed by atoms with E-state index in [2.05, 4.69) is 0 Å². The molecule has 0 bridgehead atoms. The van der Waals surface area contributed by atoms with E-state index in [-0.39, 0.29) is 12.5 Å². The quantitative estimate of drug-likeness (QED) is 0.546. The number of amides is 2. The lowest BCUT2D eigenvalue weighted by Crippen LogP contribution is -2.45. The molecule has 1 fully saturated rings. The molecule has 0 radical (unpaired) electrons. The molecule has 1 aromatic heterocycles. The number of ether oxygens (including phenoxy) is 3. The van der Waals surface area contributed by atoms with Gasteiger partial charge >= 0.3 is 5.63 Å². The lowest BCUT2D eigenvalue weighted by atomic mass is 10.1. The molecule has 2 heterocycles. The van der Waals surface area contributed by atoms with E-state index in [0.717, 1.165) is 6.42 Å². The fourth-order valence-corrected chi connectivity index (χ4v) is 3.98. The zero-order chi connectivity index (χ0) is 23.5. The van der Waals surface area contributed by atoms with Gasteiger partial charge in [-0.25, -0.2) is 4.79 Å². The van der Waals surface area contributed by atoms with Gasteiger partial charge in [-0.1, -0.05) is 6.07 Å². The highest BCUT2D eigenvalue weighted by atomic mass is 16.5. The minimum Gasteiger partial charge on any atom is -0.493 e. The average molecular weight is 452 g/mol. The van der Waals surface area contributed by atoms with Crippen molar-refractivity contribution in [3.05, 3.63) is 52.9 Å². The molecular weight excluding hydrogens is 428 g/mol. The van der Waals surface area contributed by atoms with Crippen LogP contribution in [0, 0.1) is 0 Å². The molecule has 0 spiro atoms. The first-order valence-corrected chi connectivity index (χ1v) is 10.4. The SMILES string of the molecule is COc1ccc(-c2cc3ccc(OCC(=O)N4CCC[C@H]4C(N)=O)cc3oc2=O)cc1OC. The lowest BCUT2D eigenvalue weighted by Gasteiger charge is -2.22. The fourth-order valence-electron chi connectivity index (χ4n) is 3.98. The first kappa shape index (κ1) is 22.2. The van der Waals surface area contributed by atoms with Crippen LogP contribution in [0.15, 0.2) is 51.7 Å². The summed E-state index contributed by atoms with van der Waals surface area (Å²) >= 11 is 0. The fraction of sp³-hybridized carbons (Fsp3) is 0.292. The van der Waals surface area contributed by atoms with Crippen molar-refractivity contribution in [2.45, 2.75) is 18.9 Å². The van der Waals surface area contributed by atoms with Crippen molar-refractivity contribution in [2.75, 3.05) is 27.4 Å². The summed E-state index contributed by atoms with van der Waals surface area (Å²) in [4.78, 5) is 38.0. The van der Waals surface area contributed by atoms with Gasteiger partial charge in [-0.15, -0.1) is 0 Å². The molecule has 2 aromatic carbocycles. The van der Waals surface area contributed by atoms with E-state index in [1.807, 2.05) is 0 Å². The molecule has 1 atom stereocenters. The number of likely N-dealkylation sites (tertiary alicyclic amines) is 1. The van der Waals surface area contributed by atoms with Crippen LogP contribution in [0.2, 0.25) is 0 Å². The van der Waals surface area contributed by atoms with Crippen molar-refractivity contribution >= 4 is 22.8 Å². The molecular formula is C24H24N2O7. The molecule has 0 unspecified atom stereocenters. The molecule has 2 N–H and O–H groups in total. The molecule has 1 aliphatic heterocycles. The summed E-state index contributed by atoms with van der Waals surface area (Å²) in [5, 5.41) is 0.686. The second-order valence-electron chi connectivity index (χ2n) is 7.65. The first-order chi connectivity index (χ1) is 15.9. The molecule has 0 saturated carbocycles. The highest BCUT2D eigenvalue weighted by molar-refractivity contribution is 5.88. The minimum absolute atomic E-state index is 0.247. The Morgan fingerprint density at radius 1 is 1.09 bits per heavy atom. The van der Waals surface area contributed by atoms with Gasteiger partial charge in [0.15, 0.2) is 18.1 Å². The van der Waals surface area contributed by atoms with Crippen molar-refractivity contribution in [3.8, 4) is 28.4 Å². The summed E-state index contributed by atoms with van der Waals surface area (Å²) in [5.74, 6) is 0.589. The van der Waals surface area contributed by atoms with Gasteiger partial charge < -0.3 is 29.3 Å². The van der Waals surface area contributed by atoms with E-state index < -0.39 is 17.6 Å². The topological polar surface area (TPSA) is 121 Å². The largest absolute Gasteiger partial charge is 0.493 e. The van der Waals surface area contributed by atoms with Crippen LogP contribution in [0.4, 0.5) is 0 Å². The van der Waals surface area contributed by atoms with E-state index in [0.29, 0.717) is 52.3 Å². The van der Waals surface area contributed by atoms with E-state index in [9.17, 15) is 14.4 Å². The van der Waals surface area contributed by atoms with Gasteiger partial charge in [0.05, 0.1) is 19.8 Å². The number of carbonyl (C=O) groups is 2. The van der Waals surface area contributed by atoms with Gasteiger partial charge in [-0.05, 0) is 48.7 Å². The van der Waals surface area contributed by atoms with Gasteiger partial charge in [0.1, 0.15) is 17.4 Å². The van der Waals surface area contributed by atoms with Crippen molar-refractivity contribution < 1.29 is 28.2 Å². The van der Waals surface area contributed by atoms with Crippen molar-refractivity contribution in [2.24, 2.45) is 5.73 Å². The summed E-state index contributed by atoms with van der Waals surface area (Å²) in [6.07, 6.45) is 1.29. The summed E-state index contributed by atoms with van der Waals surface area (Å²) in [7, 11) is 3.06. The third kappa shape index (κ3) is 4.48. The zero-order valence-corrected chi connectivity index (χ0v) is 18.3. The number of nitrogens with two attached hydrogens (primary N) is 1. The Balaban J connectivity index is 1.54. The molecule has 9 heteroatoms. The molecule has 1 saturated heterocycles. The van der Waals surface area contributed by atoms with Gasteiger partial charge in [-0.2, -0.15) is 0 Å². The number of methoxy groups -OCH3 is 2. The Morgan fingerprint density at radius 2 is 1.88 bits per heavy atom. The molecule has 4 rings (SSSR count). The van der Waals surface area contributed by atoms with E-state index in [1.54, 1.807) is 42.5 Å². The van der Waals surface area contributed by atoms with Crippen LogP contribution in [-0.2, 0) is 9.59 Å². The van der Waals surface area contributed by atoms with Gasteiger partial charge in [0, 0.05) is 18.0 Å². The highest BCUT2D eigenvalue weighted by Crippen LogP contribution is 2.32. The first-order valence-electron chi connectivity index (χ1n) is 10.4. The molecule has 9 nitrogen and oxygen atoms in total. The van der Waals surface area contributed by atoms with Gasteiger partial charge in [0.2, 0.25) is 5.91 Å². The molecule has 172 valence electrons. The predicted molar refractivity (Wildman–Crippen MR) is 120 cm³/mol. The summed E-state index contributed by atoms with van der Waals surface area (Å²) in [6, 6.07) is 11.3. The Hall–Kier alpha value is -4.01. The summed E-state index contributed by atoms with van der Waals surface area (Å²) in [5.41, 5.74) is 6.17. The normalized spacial score (nSPS) is 15.5. The van der Waals surface area contributed by atoms with E-state index in [4.69, 9.17) is 24.4 Å². The minimum atomic E-state index is -0.592. The van der Waals surface area contributed by atoms with E-state index >= 15 is 0 Å². The molecule has 2 amide bonds. The Morgan fingerprint density at radius 3 is 2.61 bits per heavy atom.